The van der Waals surface area contributed by atoms with Crippen molar-refractivity contribution in [1.29, 1.82) is 0 Å². The molecule has 4 nitrogen and oxygen atoms in total. The van der Waals surface area contributed by atoms with E-state index in [0.717, 1.165) is 17.1 Å². The van der Waals surface area contributed by atoms with E-state index in [2.05, 4.69) is 0 Å². The first kappa shape index (κ1) is 14.2. The fraction of sp³-hybridized carbons (Fsp3) is 0.500. The molecule has 96 valence electrons. The quantitative estimate of drug-likeness (QED) is 0.772. The summed E-state index contributed by atoms with van der Waals surface area (Å²) >= 11 is 1.54. The largest absolute Gasteiger partial charge is 0.497 e. The highest BCUT2D eigenvalue weighted by atomic mass is 32.2. The van der Waals surface area contributed by atoms with E-state index in [0.29, 0.717) is 11.5 Å². The minimum absolute atomic E-state index is 0.206. The first-order valence-electron chi connectivity index (χ1n) is 5.28. The summed E-state index contributed by atoms with van der Waals surface area (Å²) in [5.41, 5.74) is 1.02. The van der Waals surface area contributed by atoms with Gasteiger partial charge in [-0.15, -0.1) is 0 Å². The zero-order valence-corrected chi connectivity index (χ0v) is 10.9. The van der Waals surface area contributed by atoms with Gasteiger partial charge in [-0.05, 0) is 18.2 Å². The summed E-state index contributed by atoms with van der Waals surface area (Å²) in [5, 5.41) is 17.9. The molecule has 0 aliphatic rings. The van der Waals surface area contributed by atoms with Crippen LogP contribution in [0.5, 0.6) is 11.5 Å². The Balaban J connectivity index is 2.61. The molecule has 0 fully saturated rings. The van der Waals surface area contributed by atoms with Gasteiger partial charge in [0, 0.05) is 17.1 Å². The molecule has 2 N–H and O–H groups in total. The van der Waals surface area contributed by atoms with E-state index in [-0.39, 0.29) is 6.61 Å². The lowest BCUT2D eigenvalue weighted by molar-refractivity contribution is 0.113. The van der Waals surface area contributed by atoms with Gasteiger partial charge in [-0.2, -0.15) is 11.8 Å². The van der Waals surface area contributed by atoms with E-state index >= 15 is 0 Å². The van der Waals surface area contributed by atoms with Gasteiger partial charge in [0.15, 0.2) is 0 Å². The summed E-state index contributed by atoms with van der Waals surface area (Å²) in [6, 6.07) is 5.62. The lowest BCUT2D eigenvalue weighted by atomic mass is 10.2. The van der Waals surface area contributed by atoms with Crippen molar-refractivity contribution in [2.75, 3.05) is 26.6 Å². The zero-order valence-electron chi connectivity index (χ0n) is 10.0. The molecule has 1 rings (SSSR count). The van der Waals surface area contributed by atoms with Crippen molar-refractivity contribution >= 4 is 11.8 Å². The third-order valence-corrected chi connectivity index (χ3v) is 3.40. The average molecular weight is 258 g/mol. The van der Waals surface area contributed by atoms with Gasteiger partial charge in [0.2, 0.25) is 0 Å². The highest BCUT2D eigenvalue weighted by Gasteiger charge is 2.07. The number of aliphatic hydroxyl groups excluding tert-OH is 2. The van der Waals surface area contributed by atoms with E-state index in [1.54, 1.807) is 26.0 Å². The minimum Gasteiger partial charge on any atom is -0.497 e. The van der Waals surface area contributed by atoms with Gasteiger partial charge < -0.3 is 19.7 Å². The molecule has 0 bridgehead atoms. The summed E-state index contributed by atoms with van der Waals surface area (Å²) in [7, 11) is 3.24. The maximum Gasteiger partial charge on any atom is 0.123 e. The number of rotatable bonds is 7. The topological polar surface area (TPSA) is 58.9 Å². The van der Waals surface area contributed by atoms with Crippen LogP contribution in [0.15, 0.2) is 18.2 Å². The Kier molecular flexibility index (Phi) is 6.18. The van der Waals surface area contributed by atoms with Crippen molar-refractivity contribution < 1.29 is 19.7 Å². The molecule has 0 spiro atoms. The van der Waals surface area contributed by atoms with Crippen LogP contribution < -0.4 is 9.47 Å². The first-order valence-corrected chi connectivity index (χ1v) is 6.44. The van der Waals surface area contributed by atoms with E-state index < -0.39 is 6.10 Å². The van der Waals surface area contributed by atoms with E-state index in [4.69, 9.17) is 14.6 Å². The Labute approximate surface area is 106 Å². The molecule has 1 aromatic rings. The summed E-state index contributed by atoms with van der Waals surface area (Å²) in [5.74, 6) is 2.79. The highest BCUT2D eigenvalue weighted by molar-refractivity contribution is 7.98. The molecule has 0 heterocycles. The number of thioether (sulfide) groups is 1. The lowest BCUT2D eigenvalue weighted by Gasteiger charge is -2.11. The SMILES string of the molecule is COc1ccc(OC)c(CSCC(O)CO)c1. The molecule has 0 aliphatic heterocycles. The van der Waals surface area contributed by atoms with Crippen LogP contribution in [-0.4, -0.2) is 42.9 Å². The lowest BCUT2D eigenvalue weighted by Crippen LogP contribution is -2.14. The Morgan fingerprint density at radius 3 is 2.65 bits per heavy atom. The molecular formula is C12H18O4S. The number of benzene rings is 1. The fourth-order valence-electron chi connectivity index (χ4n) is 1.35. The van der Waals surface area contributed by atoms with Crippen LogP contribution in [0.4, 0.5) is 0 Å². The molecular weight excluding hydrogens is 240 g/mol. The monoisotopic (exact) mass is 258 g/mol. The Hall–Kier alpha value is -0.910. The number of hydrogen-bond acceptors (Lipinski definition) is 5. The van der Waals surface area contributed by atoms with Crippen LogP contribution >= 0.6 is 11.8 Å². The van der Waals surface area contributed by atoms with Crippen molar-refractivity contribution in [3.05, 3.63) is 23.8 Å². The standard InChI is InChI=1S/C12H18O4S/c1-15-11-3-4-12(16-2)9(5-11)7-17-8-10(14)6-13/h3-5,10,13-14H,6-8H2,1-2H3. The van der Waals surface area contributed by atoms with Crippen molar-refractivity contribution in [2.24, 2.45) is 0 Å². The van der Waals surface area contributed by atoms with Crippen LogP contribution in [0.2, 0.25) is 0 Å². The van der Waals surface area contributed by atoms with Gasteiger partial charge in [-0.3, -0.25) is 0 Å². The predicted octanol–water partition coefficient (Wildman–Crippen LogP) is 1.29. The zero-order chi connectivity index (χ0) is 12.7. The van der Waals surface area contributed by atoms with Gasteiger partial charge in [0.05, 0.1) is 26.9 Å². The molecule has 1 aromatic carbocycles. The summed E-state index contributed by atoms with van der Waals surface area (Å²) < 4.78 is 10.4. The van der Waals surface area contributed by atoms with Crippen LogP contribution in [0, 0.1) is 0 Å². The summed E-state index contributed by atoms with van der Waals surface area (Å²) in [4.78, 5) is 0. The summed E-state index contributed by atoms with van der Waals surface area (Å²) in [6.07, 6.45) is -0.670. The van der Waals surface area contributed by atoms with Crippen molar-refractivity contribution in [1.82, 2.24) is 0 Å². The second-order valence-corrected chi connectivity index (χ2v) is 4.56. The van der Waals surface area contributed by atoms with Crippen molar-refractivity contribution in [3.8, 4) is 11.5 Å². The minimum atomic E-state index is -0.670. The van der Waals surface area contributed by atoms with Gasteiger partial charge in [0.25, 0.3) is 0 Å². The Bertz CT molecular complexity index is 343. The molecule has 1 unspecified atom stereocenters. The third-order valence-electron chi connectivity index (χ3n) is 2.27. The second-order valence-electron chi connectivity index (χ2n) is 3.53. The van der Waals surface area contributed by atoms with Crippen LogP contribution in [-0.2, 0) is 5.75 Å². The van der Waals surface area contributed by atoms with Crippen molar-refractivity contribution in [3.63, 3.8) is 0 Å². The number of methoxy groups -OCH3 is 2. The van der Waals surface area contributed by atoms with E-state index in [1.807, 2.05) is 18.2 Å². The van der Waals surface area contributed by atoms with Gasteiger partial charge in [-0.1, -0.05) is 0 Å². The molecule has 0 aromatic heterocycles. The molecule has 5 heteroatoms. The number of hydrogen-bond donors (Lipinski definition) is 2. The van der Waals surface area contributed by atoms with E-state index in [9.17, 15) is 5.11 Å². The van der Waals surface area contributed by atoms with Crippen LogP contribution in [0.1, 0.15) is 5.56 Å². The highest BCUT2D eigenvalue weighted by Crippen LogP contribution is 2.27. The molecule has 0 amide bonds. The molecule has 17 heavy (non-hydrogen) atoms. The normalized spacial score (nSPS) is 12.2. The predicted molar refractivity (Wildman–Crippen MR) is 68.8 cm³/mol. The third kappa shape index (κ3) is 4.46. The van der Waals surface area contributed by atoms with Gasteiger partial charge >= 0.3 is 0 Å². The van der Waals surface area contributed by atoms with Crippen molar-refractivity contribution in [2.45, 2.75) is 11.9 Å². The maximum atomic E-state index is 9.24. The molecule has 0 aliphatic carbocycles. The molecule has 0 saturated heterocycles. The van der Waals surface area contributed by atoms with Crippen LogP contribution in [0.3, 0.4) is 0 Å². The maximum absolute atomic E-state index is 9.24. The smallest absolute Gasteiger partial charge is 0.123 e. The number of ether oxygens (including phenoxy) is 2. The van der Waals surface area contributed by atoms with Crippen LogP contribution in [0.25, 0.3) is 0 Å². The molecule has 0 saturated carbocycles. The Morgan fingerprint density at radius 1 is 1.29 bits per heavy atom. The Morgan fingerprint density at radius 2 is 2.06 bits per heavy atom. The van der Waals surface area contributed by atoms with E-state index in [1.165, 1.54) is 0 Å². The molecule has 1 atom stereocenters. The first-order chi connectivity index (χ1) is 8.21. The summed E-state index contributed by atoms with van der Waals surface area (Å²) in [6.45, 7) is -0.206. The fourth-order valence-corrected chi connectivity index (χ4v) is 2.29. The average Bonchev–Trinajstić information content (AvgIpc) is 2.38. The number of aliphatic hydroxyl groups is 2. The van der Waals surface area contributed by atoms with Gasteiger partial charge in [-0.25, -0.2) is 0 Å². The van der Waals surface area contributed by atoms with Gasteiger partial charge in [0.1, 0.15) is 11.5 Å². The molecule has 0 radical (unpaired) electrons. The second kappa shape index (κ2) is 7.42.